The fraction of sp³-hybridized carbons (Fsp3) is 0.462. The molecule has 0 aromatic heterocycles. The summed E-state index contributed by atoms with van der Waals surface area (Å²) >= 11 is 0. The molecular formula is C13H17FN2O2. The Hall–Kier alpha value is -1.62. The summed E-state index contributed by atoms with van der Waals surface area (Å²) in [4.78, 5) is 13.4. The molecule has 0 bridgehead atoms. The molecule has 1 aromatic rings. The van der Waals surface area contributed by atoms with E-state index >= 15 is 0 Å². The van der Waals surface area contributed by atoms with Crippen LogP contribution in [-0.4, -0.2) is 37.0 Å². The Bertz CT molecular complexity index is 451. The molecule has 0 spiro atoms. The first-order valence-corrected chi connectivity index (χ1v) is 6.02. The first-order chi connectivity index (χ1) is 8.61. The van der Waals surface area contributed by atoms with Gasteiger partial charge in [-0.2, -0.15) is 0 Å². The SMILES string of the molecule is CN1CCC(Oc2ccc(F)cc2CCN)C1=O. The predicted octanol–water partition coefficient (Wildman–Crippen LogP) is 0.936. The molecule has 1 aliphatic heterocycles. The van der Waals surface area contributed by atoms with Gasteiger partial charge in [0.15, 0.2) is 6.10 Å². The van der Waals surface area contributed by atoms with Gasteiger partial charge in [0.05, 0.1) is 0 Å². The highest BCUT2D eigenvalue weighted by Gasteiger charge is 2.31. The van der Waals surface area contributed by atoms with Crippen molar-refractivity contribution in [1.29, 1.82) is 0 Å². The van der Waals surface area contributed by atoms with Gasteiger partial charge in [-0.15, -0.1) is 0 Å². The van der Waals surface area contributed by atoms with Gasteiger partial charge in [0.2, 0.25) is 0 Å². The molecule has 2 rings (SSSR count). The molecule has 1 unspecified atom stereocenters. The highest BCUT2D eigenvalue weighted by molar-refractivity contribution is 5.83. The number of benzene rings is 1. The normalized spacial score (nSPS) is 19.4. The lowest BCUT2D eigenvalue weighted by atomic mass is 10.1. The van der Waals surface area contributed by atoms with Gasteiger partial charge in [-0.1, -0.05) is 0 Å². The lowest BCUT2D eigenvalue weighted by Crippen LogP contribution is -2.29. The Balaban J connectivity index is 2.16. The Kier molecular flexibility index (Phi) is 3.81. The zero-order valence-corrected chi connectivity index (χ0v) is 10.4. The highest BCUT2D eigenvalue weighted by Crippen LogP contribution is 2.24. The summed E-state index contributed by atoms with van der Waals surface area (Å²) in [7, 11) is 1.75. The summed E-state index contributed by atoms with van der Waals surface area (Å²) in [6.45, 7) is 1.11. The standard InChI is InChI=1S/C13H17FN2O2/c1-16-7-5-12(13(16)17)18-11-3-2-10(14)8-9(11)4-6-15/h2-3,8,12H,4-7,15H2,1H3. The largest absolute Gasteiger partial charge is 0.480 e. The molecule has 98 valence electrons. The molecule has 0 aliphatic carbocycles. The molecule has 5 heteroatoms. The molecule has 1 aliphatic rings. The van der Waals surface area contributed by atoms with Crippen molar-refractivity contribution in [2.24, 2.45) is 5.73 Å². The molecule has 1 aromatic carbocycles. The van der Waals surface area contributed by atoms with E-state index in [0.717, 1.165) is 0 Å². The van der Waals surface area contributed by atoms with Crippen LogP contribution in [0.5, 0.6) is 5.75 Å². The smallest absolute Gasteiger partial charge is 0.263 e. The van der Waals surface area contributed by atoms with Crippen molar-refractivity contribution >= 4 is 5.91 Å². The fourth-order valence-electron chi connectivity index (χ4n) is 2.07. The number of ether oxygens (including phenoxy) is 1. The van der Waals surface area contributed by atoms with E-state index in [0.29, 0.717) is 37.2 Å². The predicted molar refractivity (Wildman–Crippen MR) is 65.8 cm³/mol. The van der Waals surface area contributed by atoms with E-state index in [1.165, 1.54) is 12.1 Å². The summed E-state index contributed by atoms with van der Waals surface area (Å²) < 4.78 is 18.8. The van der Waals surface area contributed by atoms with E-state index in [4.69, 9.17) is 10.5 Å². The maximum absolute atomic E-state index is 13.2. The molecule has 1 fully saturated rings. The minimum atomic E-state index is -0.461. The van der Waals surface area contributed by atoms with Crippen molar-refractivity contribution in [3.8, 4) is 5.75 Å². The summed E-state index contributed by atoms with van der Waals surface area (Å²) in [5, 5.41) is 0. The number of amides is 1. The van der Waals surface area contributed by atoms with Crippen LogP contribution in [0.25, 0.3) is 0 Å². The molecule has 18 heavy (non-hydrogen) atoms. The van der Waals surface area contributed by atoms with Gasteiger partial charge in [0.1, 0.15) is 11.6 Å². The zero-order valence-electron chi connectivity index (χ0n) is 10.4. The van der Waals surface area contributed by atoms with Crippen LogP contribution < -0.4 is 10.5 Å². The van der Waals surface area contributed by atoms with Gasteiger partial charge in [-0.25, -0.2) is 4.39 Å². The lowest BCUT2D eigenvalue weighted by Gasteiger charge is -2.16. The Morgan fingerprint density at radius 2 is 2.33 bits per heavy atom. The van der Waals surface area contributed by atoms with Crippen molar-refractivity contribution in [3.63, 3.8) is 0 Å². The summed E-state index contributed by atoms with van der Waals surface area (Å²) in [5.41, 5.74) is 6.19. The number of nitrogens with zero attached hydrogens (tertiary/aromatic N) is 1. The van der Waals surface area contributed by atoms with E-state index in [-0.39, 0.29) is 11.7 Å². The minimum absolute atomic E-state index is 0.0296. The van der Waals surface area contributed by atoms with Crippen LogP contribution in [0.1, 0.15) is 12.0 Å². The molecule has 1 heterocycles. The molecule has 2 N–H and O–H groups in total. The lowest BCUT2D eigenvalue weighted by molar-refractivity contribution is -0.132. The van der Waals surface area contributed by atoms with Gasteiger partial charge in [0.25, 0.3) is 5.91 Å². The van der Waals surface area contributed by atoms with Crippen molar-refractivity contribution < 1.29 is 13.9 Å². The topological polar surface area (TPSA) is 55.6 Å². The minimum Gasteiger partial charge on any atom is -0.480 e. The number of halogens is 1. The number of hydrogen-bond donors (Lipinski definition) is 1. The molecule has 4 nitrogen and oxygen atoms in total. The average Bonchev–Trinajstić information content (AvgIpc) is 2.65. The summed E-state index contributed by atoms with van der Waals surface area (Å²) in [6, 6.07) is 4.30. The summed E-state index contributed by atoms with van der Waals surface area (Å²) in [6.07, 6.45) is 0.732. The number of likely N-dealkylation sites (tertiary alicyclic amines) is 1. The second-order valence-electron chi connectivity index (χ2n) is 4.45. The first-order valence-electron chi connectivity index (χ1n) is 6.02. The van der Waals surface area contributed by atoms with Crippen molar-refractivity contribution in [3.05, 3.63) is 29.6 Å². The van der Waals surface area contributed by atoms with Gasteiger partial charge < -0.3 is 15.4 Å². The Morgan fingerprint density at radius 1 is 1.56 bits per heavy atom. The van der Waals surface area contributed by atoms with Crippen LogP contribution in [0, 0.1) is 5.82 Å². The number of hydrogen-bond acceptors (Lipinski definition) is 3. The maximum Gasteiger partial charge on any atom is 0.263 e. The number of carbonyl (C=O) groups excluding carboxylic acids is 1. The van der Waals surface area contributed by atoms with Crippen LogP contribution in [0.3, 0.4) is 0 Å². The summed E-state index contributed by atoms with van der Waals surface area (Å²) in [5.74, 6) is 0.203. The van der Waals surface area contributed by atoms with Crippen molar-refractivity contribution in [1.82, 2.24) is 4.90 Å². The van der Waals surface area contributed by atoms with E-state index < -0.39 is 6.10 Å². The third kappa shape index (κ3) is 2.61. The van der Waals surface area contributed by atoms with Gasteiger partial charge in [-0.05, 0) is 36.7 Å². The van der Waals surface area contributed by atoms with Crippen LogP contribution in [0.15, 0.2) is 18.2 Å². The van der Waals surface area contributed by atoms with Crippen LogP contribution in [-0.2, 0) is 11.2 Å². The second kappa shape index (κ2) is 5.35. The molecule has 0 radical (unpaired) electrons. The van der Waals surface area contributed by atoms with E-state index in [1.807, 2.05) is 0 Å². The highest BCUT2D eigenvalue weighted by atomic mass is 19.1. The molecule has 1 amide bonds. The fourth-order valence-corrected chi connectivity index (χ4v) is 2.07. The maximum atomic E-state index is 13.2. The van der Waals surface area contributed by atoms with Gasteiger partial charge in [-0.3, -0.25) is 4.79 Å². The van der Waals surface area contributed by atoms with E-state index in [9.17, 15) is 9.18 Å². The Labute approximate surface area is 106 Å². The third-order valence-corrected chi connectivity index (χ3v) is 3.08. The molecule has 1 saturated heterocycles. The zero-order chi connectivity index (χ0) is 13.1. The molecule has 0 saturated carbocycles. The van der Waals surface area contributed by atoms with Crippen LogP contribution >= 0.6 is 0 Å². The number of carbonyl (C=O) groups is 1. The first kappa shape index (κ1) is 12.8. The van der Waals surface area contributed by atoms with E-state index in [2.05, 4.69) is 0 Å². The Morgan fingerprint density at radius 3 is 2.94 bits per heavy atom. The third-order valence-electron chi connectivity index (χ3n) is 3.08. The monoisotopic (exact) mass is 252 g/mol. The van der Waals surface area contributed by atoms with Crippen molar-refractivity contribution in [2.75, 3.05) is 20.1 Å². The van der Waals surface area contributed by atoms with Crippen LogP contribution in [0.2, 0.25) is 0 Å². The van der Waals surface area contributed by atoms with Gasteiger partial charge in [0, 0.05) is 20.0 Å². The van der Waals surface area contributed by atoms with E-state index in [1.54, 1.807) is 18.0 Å². The average molecular weight is 252 g/mol. The number of nitrogens with two attached hydrogens (primary N) is 1. The van der Waals surface area contributed by atoms with Crippen molar-refractivity contribution in [2.45, 2.75) is 18.9 Å². The number of rotatable bonds is 4. The number of likely N-dealkylation sites (N-methyl/N-ethyl adjacent to an activating group) is 1. The molecular weight excluding hydrogens is 235 g/mol. The van der Waals surface area contributed by atoms with Crippen LogP contribution in [0.4, 0.5) is 4.39 Å². The second-order valence-corrected chi connectivity index (χ2v) is 4.45. The molecule has 1 atom stereocenters. The van der Waals surface area contributed by atoms with Gasteiger partial charge >= 0.3 is 0 Å². The quantitative estimate of drug-likeness (QED) is 0.867.